The molecule has 3 rings (SSSR count). The molecule has 6 heteroatoms. The Labute approximate surface area is 150 Å². The number of aryl methyl sites for hydroxylation is 2. The van der Waals surface area contributed by atoms with Gasteiger partial charge in [-0.3, -0.25) is 10.1 Å². The molecular weight excluding hydrogens is 332 g/mol. The van der Waals surface area contributed by atoms with Gasteiger partial charge in [-0.05, 0) is 43.2 Å². The van der Waals surface area contributed by atoms with Gasteiger partial charge in [-0.2, -0.15) is 0 Å². The van der Waals surface area contributed by atoms with Crippen LogP contribution in [0.15, 0.2) is 53.1 Å². The summed E-state index contributed by atoms with van der Waals surface area (Å²) < 4.78 is 10.8. The van der Waals surface area contributed by atoms with Gasteiger partial charge >= 0.3 is 5.69 Å². The molecule has 0 radical (unpaired) electrons. The van der Waals surface area contributed by atoms with E-state index in [-0.39, 0.29) is 17.1 Å². The molecule has 0 unspecified atom stereocenters. The first-order valence-corrected chi connectivity index (χ1v) is 8.10. The molecule has 132 valence electrons. The molecule has 3 aromatic rings. The Bertz CT molecular complexity index is 943. The average molecular weight is 350 g/mol. The van der Waals surface area contributed by atoms with Crippen molar-refractivity contribution in [3.05, 3.63) is 86.8 Å². The van der Waals surface area contributed by atoms with E-state index in [2.05, 4.69) is 11.2 Å². The Morgan fingerprint density at radius 3 is 2.62 bits per heavy atom. The van der Waals surface area contributed by atoms with Gasteiger partial charge in [0.2, 0.25) is 5.76 Å². The van der Waals surface area contributed by atoms with Gasteiger partial charge in [0.25, 0.3) is 0 Å². The molecule has 1 aromatic heterocycles. The van der Waals surface area contributed by atoms with Crippen LogP contribution in [0.3, 0.4) is 0 Å². The van der Waals surface area contributed by atoms with Crippen molar-refractivity contribution in [1.82, 2.24) is 5.16 Å². The lowest BCUT2D eigenvalue weighted by Gasteiger charge is -2.07. The fourth-order valence-corrected chi connectivity index (χ4v) is 2.53. The first-order valence-electron chi connectivity index (χ1n) is 8.10. The molecule has 0 spiro atoms. The topological polar surface area (TPSA) is 78.4 Å². The van der Waals surface area contributed by atoms with Gasteiger partial charge in [-0.15, -0.1) is 0 Å². The van der Waals surface area contributed by atoms with Crippen LogP contribution in [-0.2, 0) is 6.61 Å². The number of hydrogen-bond donors (Lipinski definition) is 0. The van der Waals surface area contributed by atoms with Crippen LogP contribution in [0.4, 0.5) is 5.69 Å². The van der Waals surface area contributed by atoms with Crippen molar-refractivity contribution in [2.75, 3.05) is 0 Å². The van der Waals surface area contributed by atoms with E-state index in [1.54, 1.807) is 19.1 Å². The number of nitrogens with zero attached hydrogens (tertiary/aromatic N) is 2. The lowest BCUT2D eigenvalue weighted by Crippen LogP contribution is -1.95. The van der Waals surface area contributed by atoms with Crippen LogP contribution in [0.5, 0.6) is 5.75 Å². The fraction of sp³-hybridized carbons (Fsp3) is 0.150. The molecule has 0 amide bonds. The van der Waals surface area contributed by atoms with E-state index in [1.807, 2.05) is 49.4 Å². The lowest BCUT2D eigenvalue weighted by molar-refractivity contribution is -0.386. The highest BCUT2D eigenvalue weighted by Gasteiger charge is 2.21. The van der Waals surface area contributed by atoms with E-state index in [1.165, 1.54) is 5.56 Å². The van der Waals surface area contributed by atoms with E-state index in [0.717, 1.165) is 16.9 Å². The molecule has 0 saturated heterocycles. The highest BCUT2D eigenvalue weighted by molar-refractivity contribution is 5.71. The zero-order chi connectivity index (χ0) is 18.5. The molecule has 0 fully saturated rings. The second-order valence-corrected chi connectivity index (χ2v) is 5.92. The molecule has 6 nitrogen and oxygen atoms in total. The maximum atomic E-state index is 11.0. The minimum absolute atomic E-state index is 0.112. The largest absolute Gasteiger partial charge is 0.489 e. The van der Waals surface area contributed by atoms with Gasteiger partial charge in [0, 0.05) is 0 Å². The van der Waals surface area contributed by atoms with E-state index in [0.29, 0.717) is 6.61 Å². The molecule has 0 bridgehead atoms. The van der Waals surface area contributed by atoms with Gasteiger partial charge in [0.05, 0.1) is 4.92 Å². The predicted molar refractivity (Wildman–Crippen MR) is 98.8 cm³/mol. The minimum atomic E-state index is -0.492. The Morgan fingerprint density at radius 1 is 1.15 bits per heavy atom. The summed E-state index contributed by atoms with van der Waals surface area (Å²) >= 11 is 0. The standard InChI is InChI=1S/C20H18N2O4/c1-14-4-3-5-17(12-14)13-25-18-9-6-16(7-10-18)8-11-19-20(22(23)24)15(2)21-26-19/h3-12H,13H2,1-2H3/b11-8-. The molecular formula is C20H18N2O4. The van der Waals surface area contributed by atoms with Crippen LogP contribution in [-0.4, -0.2) is 10.1 Å². The normalized spacial score (nSPS) is 11.0. The third-order valence-electron chi connectivity index (χ3n) is 3.83. The predicted octanol–water partition coefficient (Wildman–Crippen LogP) is 4.95. The number of hydrogen-bond acceptors (Lipinski definition) is 5. The molecule has 26 heavy (non-hydrogen) atoms. The van der Waals surface area contributed by atoms with Gasteiger partial charge in [-0.1, -0.05) is 53.2 Å². The van der Waals surface area contributed by atoms with Crippen LogP contribution in [0.1, 0.15) is 28.1 Å². The Kier molecular flexibility index (Phi) is 5.12. The first-order chi connectivity index (χ1) is 12.5. The highest BCUT2D eigenvalue weighted by atomic mass is 16.6. The Hall–Kier alpha value is -3.41. The van der Waals surface area contributed by atoms with Gasteiger partial charge < -0.3 is 9.26 Å². The first kappa shape index (κ1) is 17.4. The quantitative estimate of drug-likeness (QED) is 0.464. The number of rotatable bonds is 6. The molecule has 0 saturated carbocycles. The number of aromatic nitrogens is 1. The summed E-state index contributed by atoms with van der Waals surface area (Å²) in [5.41, 5.74) is 3.33. The monoisotopic (exact) mass is 350 g/mol. The zero-order valence-corrected chi connectivity index (χ0v) is 14.5. The van der Waals surface area contributed by atoms with Gasteiger partial charge in [0.15, 0.2) is 5.69 Å². The number of ether oxygens (including phenoxy) is 1. The van der Waals surface area contributed by atoms with Crippen molar-refractivity contribution in [2.24, 2.45) is 0 Å². The van der Waals surface area contributed by atoms with Crippen molar-refractivity contribution in [2.45, 2.75) is 20.5 Å². The third-order valence-corrected chi connectivity index (χ3v) is 3.83. The summed E-state index contributed by atoms with van der Waals surface area (Å²) in [7, 11) is 0. The van der Waals surface area contributed by atoms with Crippen LogP contribution < -0.4 is 4.74 Å². The molecule has 0 aliphatic heterocycles. The molecule has 0 aliphatic carbocycles. The molecule has 0 N–H and O–H groups in total. The lowest BCUT2D eigenvalue weighted by atomic mass is 10.1. The van der Waals surface area contributed by atoms with Crippen LogP contribution >= 0.6 is 0 Å². The summed E-state index contributed by atoms with van der Waals surface area (Å²) in [6.07, 6.45) is 3.28. The maximum absolute atomic E-state index is 11.0. The van der Waals surface area contributed by atoms with E-state index >= 15 is 0 Å². The summed E-state index contributed by atoms with van der Waals surface area (Å²) in [5, 5.41) is 14.7. The van der Waals surface area contributed by atoms with Crippen molar-refractivity contribution in [1.29, 1.82) is 0 Å². The molecule has 0 aliphatic rings. The van der Waals surface area contributed by atoms with Crippen LogP contribution in [0, 0.1) is 24.0 Å². The van der Waals surface area contributed by atoms with Gasteiger partial charge in [0.1, 0.15) is 12.4 Å². The Balaban J connectivity index is 1.65. The van der Waals surface area contributed by atoms with E-state index in [9.17, 15) is 10.1 Å². The van der Waals surface area contributed by atoms with E-state index < -0.39 is 4.92 Å². The molecule has 1 heterocycles. The van der Waals surface area contributed by atoms with Crippen molar-refractivity contribution in [3.8, 4) is 5.75 Å². The third kappa shape index (κ3) is 4.16. The minimum Gasteiger partial charge on any atom is -0.489 e. The average Bonchev–Trinajstić information content (AvgIpc) is 3.00. The number of benzene rings is 2. The maximum Gasteiger partial charge on any atom is 0.338 e. The summed E-state index contributed by atoms with van der Waals surface area (Å²) in [6.45, 7) is 4.09. The second-order valence-electron chi connectivity index (χ2n) is 5.92. The highest BCUT2D eigenvalue weighted by Crippen LogP contribution is 2.25. The molecule has 0 atom stereocenters. The van der Waals surface area contributed by atoms with Crippen LogP contribution in [0.25, 0.3) is 12.2 Å². The smallest absolute Gasteiger partial charge is 0.338 e. The summed E-state index contributed by atoms with van der Waals surface area (Å²) in [5.74, 6) is 0.887. The fourth-order valence-electron chi connectivity index (χ4n) is 2.53. The molecule has 2 aromatic carbocycles. The van der Waals surface area contributed by atoms with Crippen molar-refractivity contribution >= 4 is 17.8 Å². The zero-order valence-electron chi connectivity index (χ0n) is 14.5. The summed E-state index contributed by atoms with van der Waals surface area (Å²) in [6, 6.07) is 15.6. The SMILES string of the molecule is Cc1cccc(COc2ccc(/C=C\c3onc(C)c3[N+](=O)[O-])cc2)c1. The van der Waals surface area contributed by atoms with Gasteiger partial charge in [-0.25, -0.2) is 0 Å². The number of nitro groups is 1. The second kappa shape index (κ2) is 7.65. The van der Waals surface area contributed by atoms with Crippen molar-refractivity contribution in [3.63, 3.8) is 0 Å². The van der Waals surface area contributed by atoms with Crippen LogP contribution in [0.2, 0.25) is 0 Å². The van der Waals surface area contributed by atoms with E-state index in [4.69, 9.17) is 9.26 Å². The summed E-state index contributed by atoms with van der Waals surface area (Å²) in [4.78, 5) is 10.5. The Morgan fingerprint density at radius 2 is 1.92 bits per heavy atom. The van der Waals surface area contributed by atoms with Crippen molar-refractivity contribution < 1.29 is 14.2 Å².